The summed E-state index contributed by atoms with van der Waals surface area (Å²) < 4.78 is 5.64. The minimum absolute atomic E-state index is 0.496. The number of nitrogens with zero attached hydrogens (tertiary/aromatic N) is 1. The second kappa shape index (κ2) is 3.52. The molecule has 0 aliphatic rings. The normalized spacial score (nSPS) is 10.8. The number of fused-ring (bicyclic) bond motifs is 1. The topological polar surface area (TPSA) is 78.1 Å². The van der Waals surface area contributed by atoms with Crippen LogP contribution in [0.3, 0.4) is 0 Å². The second-order valence-electron chi connectivity index (χ2n) is 3.80. The Labute approximate surface area is 97.9 Å². The molecular weight excluding hydrogens is 214 g/mol. The van der Waals surface area contributed by atoms with Gasteiger partial charge in [0.25, 0.3) is 0 Å². The Kier molecular flexibility index (Phi) is 2.01. The average Bonchev–Trinajstić information content (AvgIpc) is 2.75. The van der Waals surface area contributed by atoms with Crippen LogP contribution < -0.4 is 11.5 Å². The highest BCUT2D eigenvalue weighted by molar-refractivity contribution is 5.88. The first-order valence-corrected chi connectivity index (χ1v) is 5.25. The predicted octanol–water partition coefficient (Wildman–Crippen LogP) is 2.66. The van der Waals surface area contributed by atoms with Gasteiger partial charge < -0.3 is 15.9 Å². The van der Waals surface area contributed by atoms with Crippen molar-refractivity contribution in [1.82, 2.24) is 4.98 Å². The van der Waals surface area contributed by atoms with Crippen molar-refractivity contribution in [2.75, 3.05) is 11.5 Å². The van der Waals surface area contributed by atoms with E-state index in [-0.39, 0.29) is 0 Å². The molecule has 1 aromatic heterocycles. The third-order valence-electron chi connectivity index (χ3n) is 2.64. The molecule has 84 valence electrons. The van der Waals surface area contributed by atoms with Crippen molar-refractivity contribution >= 4 is 22.5 Å². The Balaban J connectivity index is 2.26. The SMILES string of the molecule is Nc1ccccc1-c1nc2c(N)cccc2o1. The summed E-state index contributed by atoms with van der Waals surface area (Å²) in [4.78, 5) is 4.37. The highest BCUT2D eigenvalue weighted by atomic mass is 16.3. The van der Waals surface area contributed by atoms with E-state index in [2.05, 4.69) is 4.98 Å². The quantitative estimate of drug-likeness (QED) is 0.624. The smallest absolute Gasteiger partial charge is 0.229 e. The number of para-hydroxylation sites is 2. The van der Waals surface area contributed by atoms with Gasteiger partial charge in [-0.25, -0.2) is 4.98 Å². The lowest BCUT2D eigenvalue weighted by molar-refractivity contribution is 0.620. The fourth-order valence-electron chi connectivity index (χ4n) is 1.78. The molecule has 3 rings (SSSR count). The Bertz CT molecular complexity index is 688. The summed E-state index contributed by atoms with van der Waals surface area (Å²) in [5, 5.41) is 0. The molecule has 0 aliphatic carbocycles. The maximum atomic E-state index is 5.88. The molecular formula is C13H11N3O. The number of nitrogens with two attached hydrogens (primary N) is 2. The highest BCUT2D eigenvalue weighted by Crippen LogP contribution is 2.30. The van der Waals surface area contributed by atoms with Crippen LogP contribution in [0, 0.1) is 0 Å². The van der Waals surface area contributed by atoms with Gasteiger partial charge in [0.05, 0.1) is 11.3 Å². The van der Waals surface area contributed by atoms with Gasteiger partial charge in [-0.05, 0) is 24.3 Å². The van der Waals surface area contributed by atoms with Crippen LogP contribution in [0.15, 0.2) is 46.9 Å². The predicted molar refractivity (Wildman–Crippen MR) is 68.3 cm³/mol. The zero-order valence-electron chi connectivity index (χ0n) is 9.05. The van der Waals surface area contributed by atoms with Gasteiger partial charge in [-0.1, -0.05) is 18.2 Å². The van der Waals surface area contributed by atoms with Crippen molar-refractivity contribution in [3.8, 4) is 11.5 Å². The molecule has 0 fully saturated rings. The van der Waals surface area contributed by atoms with Gasteiger partial charge in [0.15, 0.2) is 5.58 Å². The van der Waals surface area contributed by atoms with E-state index in [0.29, 0.717) is 28.4 Å². The first-order chi connectivity index (χ1) is 8.25. The first kappa shape index (κ1) is 9.72. The van der Waals surface area contributed by atoms with Crippen LogP contribution in [0.1, 0.15) is 0 Å². The average molecular weight is 225 g/mol. The maximum Gasteiger partial charge on any atom is 0.229 e. The molecule has 0 saturated carbocycles. The van der Waals surface area contributed by atoms with Crippen molar-refractivity contribution in [3.63, 3.8) is 0 Å². The van der Waals surface area contributed by atoms with Gasteiger partial charge in [0, 0.05) is 5.69 Å². The summed E-state index contributed by atoms with van der Waals surface area (Å²) in [5.41, 5.74) is 15.1. The molecule has 2 aromatic carbocycles. The number of hydrogen-bond donors (Lipinski definition) is 2. The third kappa shape index (κ3) is 1.50. The Morgan fingerprint density at radius 2 is 1.65 bits per heavy atom. The highest BCUT2D eigenvalue weighted by Gasteiger charge is 2.11. The van der Waals surface area contributed by atoms with Crippen molar-refractivity contribution in [3.05, 3.63) is 42.5 Å². The van der Waals surface area contributed by atoms with E-state index in [0.717, 1.165) is 5.56 Å². The number of hydrogen-bond acceptors (Lipinski definition) is 4. The molecule has 17 heavy (non-hydrogen) atoms. The molecule has 3 aromatic rings. The van der Waals surface area contributed by atoms with Crippen LogP contribution in [0.25, 0.3) is 22.6 Å². The summed E-state index contributed by atoms with van der Waals surface area (Å²) in [5.74, 6) is 0.496. The van der Waals surface area contributed by atoms with Gasteiger partial charge in [-0.15, -0.1) is 0 Å². The number of oxazole rings is 1. The number of nitrogen functional groups attached to an aromatic ring is 2. The summed E-state index contributed by atoms with van der Waals surface area (Å²) >= 11 is 0. The standard InChI is InChI=1S/C13H11N3O/c14-9-5-2-1-4-8(9)13-16-12-10(15)6-3-7-11(12)17-13/h1-7H,14-15H2. The lowest BCUT2D eigenvalue weighted by Crippen LogP contribution is -1.89. The Morgan fingerprint density at radius 3 is 2.41 bits per heavy atom. The fraction of sp³-hybridized carbons (Fsp3) is 0. The van der Waals surface area contributed by atoms with E-state index >= 15 is 0 Å². The molecule has 4 nitrogen and oxygen atoms in total. The molecule has 0 saturated heterocycles. The summed E-state index contributed by atoms with van der Waals surface area (Å²) in [7, 11) is 0. The number of rotatable bonds is 1. The minimum atomic E-state index is 0.496. The summed E-state index contributed by atoms with van der Waals surface area (Å²) in [6.45, 7) is 0. The lowest BCUT2D eigenvalue weighted by Gasteiger charge is -1.98. The maximum absolute atomic E-state index is 5.88. The van der Waals surface area contributed by atoms with Crippen LogP contribution in [0.5, 0.6) is 0 Å². The van der Waals surface area contributed by atoms with E-state index in [1.807, 2.05) is 36.4 Å². The van der Waals surface area contributed by atoms with Gasteiger partial charge in [-0.2, -0.15) is 0 Å². The molecule has 0 spiro atoms. The summed E-state index contributed by atoms with van der Waals surface area (Å²) in [6.07, 6.45) is 0. The van der Waals surface area contributed by atoms with E-state index in [4.69, 9.17) is 15.9 Å². The van der Waals surface area contributed by atoms with E-state index in [1.54, 1.807) is 6.07 Å². The molecule has 0 aliphatic heterocycles. The van der Waals surface area contributed by atoms with Gasteiger partial charge in [0.2, 0.25) is 5.89 Å². The molecule has 0 amide bonds. The van der Waals surface area contributed by atoms with Crippen LogP contribution in [-0.4, -0.2) is 4.98 Å². The van der Waals surface area contributed by atoms with E-state index in [9.17, 15) is 0 Å². The molecule has 4 N–H and O–H groups in total. The summed E-state index contributed by atoms with van der Waals surface area (Å²) in [6, 6.07) is 12.9. The zero-order chi connectivity index (χ0) is 11.8. The van der Waals surface area contributed by atoms with Gasteiger partial charge in [0.1, 0.15) is 5.52 Å². The minimum Gasteiger partial charge on any atom is -0.436 e. The molecule has 0 atom stereocenters. The second-order valence-corrected chi connectivity index (χ2v) is 3.80. The Hall–Kier alpha value is -2.49. The lowest BCUT2D eigenvalue weighted by atomic mass is 10.2. The van der Waals surface area contributed by atoms with Crippen LogP contribution in [0.4, 0.5) is 11.4 Å². The van der Waals surface area contributed by atoms with Crippen molar-refractivity contribution < 1.29 is 4.42 Å². The van der Waals surface area contributed by atoms with Gasteiger partial charge >= 0.3 is 0 Å². The molecule has 4 heteroatoms. The van der Waals surface area contributed by atoms with Crippen molar-refractivity contribution in [2.24, 2.45) is 0 Å². The largest absolute Gasteiger partial charge is 0.436 e. The Morgan fingerprint density at radius 1 is 0.882 bits per heavy atom. The monoisotopic (exact) mass is 225 g/mol. The van der Waals surface area contributed by atoms with Crippen molar-refractivity contribution in [1.29, 1.82) is 0 Å². The van der Waals surface area contributed by atoms with Crippen molar-refractivity contribution in [2.45, 2.75) is 0 Å². The van der Waals surface area contributed by atoms with E-state index in [1.165, 1.54) is 0 Å². The number of anilines is 2. The molecule has 0 unspecified atom stereocenters. The number of aromatic nitrogens is 1. The first-order valence-electron chi connectivity index (χ1n) is 5.25. The molecule has 0 radical (unpaired) electrons. The van der Waals surface area contributed by atoms with Gasteiger partial charge in [-0.3, -0.25) is 0 Å². The molecule has 1 heterocycles. The van der Waals surface area contributed by atoms with Crippen LogP contribution in [-0.2, 0) is 0 Å². The number of benzene rings is 2. The third-order valence-corrected chi connectivity index (χ3v) is 2.64. The van der Waals surface area contributed by atoms with Crippen LogP contribution >= 0.6 is 0 Å². The molecule has 0 bridgehead atoms. The van der Waals surface area contributed by atoms with Crippen LogP contribution in [0.2, 0.25) is 0 Å². The fourth-order valence-corrected chi connectivity index (χ4v) is 1.78. The zero-order valence-corrected chi connectivity index (χ0v) is 9.05. The van der Waals surface area contributed by atoms with E-state index < -0.39 is 0 Å².